The minimum Gasteiger partial charge on any atom is -0.389 e. The van der Waals surface area contributed by atoms with Crippen molar-refractivity contribution < 1.29 is 9.84 Å². The van der Waals surface area contributed by atoms with E-state index in [4.69, 9.17) is 4.74 Å². The van der Waals surface area contributed by atoms with E-state index in [1.54, 1.807) is 11.3 Å². The van der Waals surface area contributed by atoms with E-state index in [0.29, 0.717) is 12.6 Å². The molecule has 4 heteroatoms. The van der Waals surface area contributed by atoms with E-state index in [0.717, 1.165) is 26.1 Å². The van der Waals surface area contributed by atoms with Gasteiger partial charge in [-0.15, -0.1) is 0 Å². The SMILES string of the molecule is CC(C)(O)CN(Cc1ccsc1)CC1CCCO1. The zero-order chi connectivity index (χ0) is 13.0. The van der Waals surface area contributed by atoms with Gasteiger partial charge in [0.1, 0.15) is 0 Å². The van der Waals surface area contributed by atoms with E-state index >= 15 is 0 Å². The van der Waals surface area contributed by atoms with Crippen molar-refractivity contribution in [3.05, 3.63) is 22.4 Å². The Morgan fingerprint density at radius 3 is 2.94 bits per heavy atom. The lowest BCUT2D eigenvalue weighted by molar-refractivity contribution is 0.00885. The van der Waals surface area contributed by atoms with E-state index in [2.05, 4.69) is 21.7 Å². The molecule has 1 aromatic heterocycles. The molecular formula is C14H23NO2S. The van der Waals surface area contributed by atoms with E-state index in [1.165, 1.54) is 12.0 Å². The number of thiophene rings is 1. The van der Waals surface area contributed by atoms with Crippen molar-refractivity contribution in [2.75, 3.05) is 19.7 Å². The maximum atomic E-state index is 10.0. The normalized spacial score (nSPS) is 20.8. The van der Waals surface area contributed by atoms with Crippen LogP contribution in [0.15, 0.2) is 16.8 Å². The molecule has 0 spiro atoms. The number of hydrogen-bond acceptors (Lipinski definition) is 4. The lowest BCUT2D eigenvalue weighted by Gasteiger charge is -2.30. The van der Waals surface area contributed by atoms with E-state index in [1.807, 2.05) is 13.8 Å². The Balaban J connectivity index is 1.93. The summed E-state index contributed by atoms with van der Waals surface area (Å²) in [5, 5.41) is 14.3. The topological polar surface area (TPSA) is 32.7 Å². The minimum absolute atomic E-state index is 0.339. The van der Waals surface area contributed by atoms with Crippen LogP contribution in [0, 0.1) is 0 Å². The van der Waals surface area contributed by atoms with Crippen LogP contribution in [-0.2, 0) is 11.3 Å². The highest BCUT2D eigenvalue weighted by Crippen LogP contribution is 2.18. The molecule has 0 aromatic carbocycles. The predicted octanol–water partition coefficient (Wildman–Crippen LogP) is 2.50. The Morgan fingerprint density at radius 1 is 1.56 bits per heavy atom. The number of aliphatic hydroxyl groups is 1. The Morgan fingerprint density at radius 2 is 2.39 bits per heavy atom. The molecule has 102 valence electrons. The molecule has 0 radical (unpaired) electrons. The fraction of sp³-hybridized carbons (Fsp3) is 0.714. The van der Waals surface area contributed by atoms with Crippen LogP contribution in [0.3, 0.4) is 0 Å². The van der Waals surface area contributed by atoms with Gasteiger partial charge in [0.05, 0.1) is 11.7 Å². The molecule has 2 heterocycles. The van der Waals surface area contributed by atoms with Crippen molar-refractivity contribution in [3.63, 3.8) is 0 Å². The highest BCUT2D eigenvalue weighted by Gasteiger charge is 2.23. The van der Waals surface area contributed by atoms with Crippen LogP contribution in [0.4, 0.5) is 0 Å². The molecule has 1 N–H and O–H groups in total. The summed E-state index contributed by atoms with van der Waals surface area (Å²) >= 11 is 1.72. The summed E-state index contributed by atoms with van der Waals surface area (Å²) in [6.07, 6.45) is 2.65. The van der Waals surface area contributed by atoms with Gasteiger partial charge in [0.15, 0.2) is 0 Å². The zero-order valence-corrected chi connectivity index (χ0v) is 12.1. The van der Waals surface area contributed by atoms with Crippen molar-refractivity contribution >= 4 is 11.3 Å². The number of nitrogens with zero attached hydrogens (tertiary/aromatic N) is 1. The third kappa shape index (κ3) is 4.69. The molecule has 1 saturated heterocycles. The predicted molar refractivity (Wildman–Crippen MR) is 74.9 cm³/mol. The van der Waals surface area contributed by atoms with Crippen molar-refractivity contribution in [2.45, 2.75) is 44.9 Å². The molecule has 0 amide bonds. The Bertz CT molecular complexity index is 339. The molecule has 1 aliphatic rings. The van der Waals surface area contributed by atoms with E-state index in [9.17, 15) is 5.11 Å². The first kappa shape index (κ1) is 14.0. The minimum atomic E-state index is -0.658. The molecule has 0 saturated carbocycles. The smallest absolute Gasteiger partial charge is 0.0718 e. The third-order valence-electron chi connectivity index (χ3n) is 3.08. The van der Waals surface area contributed by atoms with Gasteiger partial charge in [0.2, 0.25) is 0 Å². The van der Waals surface area contributed by atoms with Gasteiger partial charge in [-0.3, -0.25) is 4.90 Å². The average molecular weight is 269 g/mol. The molecule has 1 unspecified atom stereocenters. The molecule has 2 rings (SSSR count). The maximum Gasteiger partial charge on any atom is 0.0718 e. The Hall–Kier alpha value is -0.420. The Labute approximate surface area is 113 Å². The van der Waals surface area contributed by atoms with Crippen LogP contribution in [0.5, 0.6) is 0 Å². The molecule has 18 heavy (non-hydrogen) atoms. The monoisotopic (exact) mass is 269 g/mol. The van der Waals surface area contributed by atoms with Gasteiger partial charge in [-0.2, -0.15) is 11.3 Å². The number of rotatable bonds is 6. The highest BCUT2D eigenvalue weighted by atomic mass is 32.1. The Kier molecular flexibility index (Phi) is 4.78. The first-order chi connectivity index (χ1) is 8.53. The van der Waals surface area contributed by atoms with Gasteiger partial charge >= 0.3 is 0 Å². The van der Waals surface area contributed by atoms with Crippen LogP contribution >= 0.6 is 11.3 Å². The summed E-state index contributed by atoms with van der Waals surface area (Å²) < 4.78 is 5.70. The second kappa shape index (κ2) is 6.15. The van der Waals surface area contributed by atoms with E-state index < -0.39 is 5.60 Å². The molecule has 0 aliphatic carbocycles. The summed E-state index contributed by atoms with van der Waals surface area (Å²) in [7, 11) is 0. The van der Waals surface area contributed by atoms with Gasteiger partial charge < -0.3 is 9.84 Å². The molecular weight excluding hydrogens is 246 g/mol. The molecule has 1 atom stereocenters. The summed E-state index contributed by atoms with van der Waals surface area (Å²) in [5.74, 6) is 0. The average Bonchev–Trinajstić information content (AvgIpc) is 2.87. The van der Waals surface area contributed by atoms with Crippen molar-refractivity contribution in [3.8, 4) is 0 Å². The zero-order valence-electron chi connectivity index (χ0n) is 11.3. The van der Waals surface area contributed by atoms with Gasteiger partial charge in [-0.05, 0) is 49.1 Å². The van der Waals surface area contributed by atoms with Gasteiger partial charge in [0.25, 0.3) is 0 Å². The van der Waals surface area contributed by atoms with Gasteiger partial charge in [-0.1, -0.05) is 0 Å². The fourth-order valence-corrected chi connectivity index (χ4v) is 3.11. The first-order valence-electron chi connectivity index (χ1n) is 6.60. The molecule has 3 nitrogen and oxygen atoms in total. The summed E-state index contributed by atoms with van der Waals surface area (Å²) in [5.41, 5.74) is 0.663. The van der Waals surface area contributed by atoms with Crippen LogP contribution in [0.2, 0.25) is 0 Å². The highest BCUT2D eigenvalue weighted by molar-refractivity contribution is 7.07. The lowest BCUT2D eigenvalue weighted by atomic mass is 10.1. The van der Waals surface area contributed by atoms with Crippen LogP contribution in [0.25, 0.3) is 0 Å². The van der Waals surface area contributed by atoms with Crippen LogP contribution in [0.1, 0.15) is 32.3 Å². The quantitative estimate of drug-likeness (QED) is 0.861. The van der Waals surface area contributed by atoms with Crippen LogP contribution in [-0.4, -0.2) is 41.4 Å². The maximum absolute atomic E-state index is 10.0. The summed E-state index contributed by atoms with van der Waals surface area (Å²) in [4.78, 5) is 2.30. The third-order valence-corrected chi connectivity index (χ3v) is 3.81. The molecule has 1 aliphatic heterocycles. The van der Waals surface area contributed by atoms with E-state index in [-0.39, 0.29) is 0 Å². The summed E-state index contributed by atoms with van der Waals surface area (Å²) in [6, 6.07) is 2.15. The second-order valence-corrected chi connectivity index (χ2v) is 6.53. The van der Waals surface area contributed by atoms with Crippen molar-refractivity contribution in [1.29, 1.82) is 0 Å². The van der Waals surface area contributed by atoms with Crippen molar-refractivity contribution in [2.24, 2.45) is 0 Å². The van der Waals surface area contributed by atoms with Crippen molar-refractivity contribution in [1.82, 2.24) is 4.90 Å². The number of hydrogen-bond donors (Lipinski definition) is 1. The summed E-state index contributed by atoms with van der Waals surface area (Å²) in [6.45, 7) is 7.11. The molecule has 1 fully saturated rings. The van der Waals surface area contributed by atoms with Gasteiger partial charge in [-0.25, -0.2) is 0 Å². The lowest BCUT2D eigenvalue weighted by Crippen LogP contribution is -2.41. The van der Waals surface area contributed by atoms with Crippen LogP contribution < -0.4 is 0 Å². The second-order valence-electron chi connectivity index (χ2n) is 5.75. The van der Waals surface area contributed by atoms with Gasteiger partial charge in [0, 0.05) is 26.2 Å². The molecule has 0 bridgehead atoms. The molecule has 1 aromatic rings. The fourth-order valence-electron chi connectivity index (χ4n) is 2.45. The number of ether oxygens (including phenoxy) is 1. The standard InChI is InChI=1S/C14H23NO2S/c1-14(2,16)11-15(8-12-5-7-18-10-12)9-13-4-3-6-17-13/h5,7,10,13,16H,3-4,6,8-9,11H2,1-2H3. The largest absolute Gasteiger partial charge is 0.389 e. The first-order valence-corrected chi connectivity index (χ1v) is 7.55.